The summed E-state index contributed by atoms with van der Waals surface area (Å²) in [5.74, 6) is -1.10. The van der Waals surface area contributed by atoms with Gasteiger partial charge < -0.3 is 15.0 Å². The average Bonchev–Trinajstić information content (AvgIpc) is 3.35. The van der Waals surface area contributed by atoms with Crippen LogP contribution in [0.2, 0.25) is 0 Å². The molecule has 1 atom stereocenters. The molecule has 33 heavy (non-hydrogen) atoms. The lowest BCUT2D eigenvalue weighted by atomic mass is 9.91. The number of carboxylic acids is 1. The fourth-order valence-corrected chi connectivity index (χ4v) is 5.12. The normalized spacial score (nSPS) is 19.1. The predicted octanol–water partition coefficient (Wildman–Crippen LogP) is 3.89. The lowest BCUT2D eigenvalue weighted by Crippen LogP contribution is -2.38. The molecule has 0 amide bonds. The van der Waals surface area contributed by atoms with Crippen LogP contribution in [0.25, 0.3) is 10.9 Å². The van der Waals surface area contributed by atoms with Gasteiger partial charge in [-0.25, -0.2) is 4.39 Å². The van der Waals surface area contributed by atoms with Gasteiger partial charge >= 0.3 is 5.97 Å². The second-order valence-electron chi connectivity index (χ2n) is 8.87. The van der Waals surface area contributed by atoms with E-state index in [1.807, 2.05) is 12.3 Å². The summed E-state index contributed by atoms with van der Waals surface area (Å²) in [6.07, 6.45) is 12.2. The van der Waals surface area contributed by atoms with Crippen LogP contribution in [-0.2, 0) is 29.0 Å². The number of nitrogens with zero attached hydrogens (tertiary/aromatic N) is 2. The van der Waals surface area contributed by atoms with E-state index in [0.717, 1.165) is 51.9 Å². The van der Waals surface area contributed by atoms with Gasteiger partial charge in [-0.05, 0) is 55.0 Å². The third-order valence-electron chi connectivity index (χ3n) is 6.73. The third kappa shape index (κ3) is 4.33. The van der Waals surface area contributed by atoms with Crippen molar-refractivity contribution in [3.63, 3.8) is 0 Å². The van der Waals surface area contributed by atoms with Gasteiger partial charge in [0.05, 0.1) is 12.3 Å². The minimum Gasteiger partial charge on any atom is -0.480 e. The van der Waals surface area contributed by atoms with Crippen molar-refractivity contribution in [3.8, 4) is 0 Å². The highest BCUT2D eigenvalue weighted by atomic mass is 19.1. The molecule has 6 nitrogen and oxygen atoms in total. The number of carboxylic acid groups (broad SMARTS) is 1. The van der Waals surface area contributed by atoms with Crippen LogP contribution in [0, 0.1) is 5.82 Å². The standard InChI is InChI=1S/C26H26FN3O3/c27-17-6-9-24-21(11-17)22-12-18(7-10-25(22)30(24)15-26(32)33)28-14-19(31)8-5-16-13-29-23-4-2-1-3-20(16)23/h1-3,6,9,11,13,18,28H,4-5,7-8,10,12,14-15H2,(H,32,33)/t18-/m0/s1. The minimum absolute atomic E-state index is 0.0976. The molecule has 1 aromatic carbocycles. The van der Waals surface area contributed by atoms with Crippen molar-refractivity contribution in [3.05, 3.63) is 70.8 Å². The Labute approximate surface area is 191 Å². The molecule has 0 saturated heterocycles. The molecular weight excluding hydrogens is 421 g/mol. The zero-order valence-electron chi connectivity index (χ0n) is 18.3. The number of hydrogen-bond acceptors (Lipinski definition) is 4. The highest BCUT2D eigenvalue weighted by Gasteiger charge is 2.27. The summed E-state index contributed by atoms with van der Waals surface area (Å²) in [5, 5.41) is 13.5. The van der Waals surface area contributed by atoms with Crippen molar-refractivity contribution in [1.82, 2.24) is 9.88 Å². The first-order chi connectivity index (χ1) is 16.0. The molecule has 5 rings (SSSR count). The zero-order chi connectivity index (χ0) is 22.9. The molecule has 2 aromatic rings. The number of aliphatic imine (C=N–C) groups is 1. The number of allylic oxidation sites excluding steroid dienone is 5. The number of halogens is 1. The Morgan fingerprint density at radius 2 is 2.18 bits per heavy atom. The number of aliphatic carboxylic acids is 1. The summed E-state index contributed by atoms with van der Waals surface area (Å²) >= 11 is 0. The average molecular weight is 448 g/mol. The fourth-order valence-electron chi connectivity index (χ4n) is 5.12. The molecule has 2 heterocycles. The van der Waals surface area contributed by atoms with Crippen LogP contribution < -0.4 is 5.32 Å². The summed E-state index contributed by atoms with van der Waals surface area (Å²) in [4.78, 5) is 28.4. The molecule has 7 heteroatoms. The SMILES string of the molecule is O=C(O)Cn1c2c(c3cc(F)ccc31)C[C@@H](NCC(=O)CCC1=CN=C3CC=CC=C13)CC2. The van der Waals surface area contributed by atoms with E-state index in [2.05, 4.69) is 22.5 Å². The number of fused-ring (bicyclic) bond motifs is 4. The van der Waals surface area contributed by atoms with Gasteiger partial charge in [-0.15, -0.1) is 0 Å². The monoisotopic (exact) mass is 447 g/mol. The van der Waals surface area contributed by atoms with Crippen LogP contribution in [0.1, 0.15) is 36.9 Å². The van der Waals surface area contributed by atoms with Gasteiger partial charge in [0.1, 0.15) is 18.1 Å². The number of benzene rings is 1. The third-order valence-corrected chi connectivity index (χ3v) is 6.73. The second kappa shape index (κ2) is 8.90. The Morgan fingerprint density at radius 1 is 1.30 bits per heavy atom. The molecule has 3 aliphatic rings. The van der Waals surface area contributed by atoms with Gasteiger partial charge in [-0.3, -0.25) is 14.6 Å². The van der Waals surface area contributed by atoms with E-state index in [1.165, 1.54) is 12.1 Å². The van der Waals surface area contributed by atoms with Gasteiger partial charge in [0.15, 0.2) is 0 Å². The lowest BCUT2D eigenvalue weighted by molar-refractivity contribution is -0.137. The Hall–Kier alpha value is -3.32. The minimum atomic E-state index is -0.917. The number of aromatic nitrogens is 1. The summed E-state index contributed by atoms with van der Waals surface area (Å²) < 4.78 is 15.7. The van der Waals surface area contributed by atoms with Gasteiger partial charge in [0.25, 0.3) is 0 Å². The highest BCUT2D eigenvalue weighted by Crippen LogP contribution is 2.33. The molecule has 0 fully saturated rings. The molecule has 2 aliphatic carbocycles. The van der Waals surface area contributed by atoms with Crippen LogP contribution in [0.3, 0.4) is 0 Å². The van der Waals surface area contributed by atoms with E-state index in [9.17, 15) is 19.1 Å². The highest BCUT2D eigenvalue weighted by molar-refractivity contribution is 6.08. The summed E-state index contributed by atoms with van der Waals surface area (Å²) in [5.41, 5.74) is 6.05. The van der Waals surface area contributed by atoms with Crippen LogP contribution >= 0.6 is 0 Å². The molecule has 1 aliphatic heterocycles. The Bertz CT molecular complexity index is 1270. The van der Waals surface area contributed by atoms with E-state index in [1.54, 1.807) is 10.6 Å². The quantitative estimate of drug-likeness (QED) is 0.643. The molecule has 0 spiro atoms. The van der Waals surface area contributed by atoms with E-state index in [4.69, 9.17) is 0 Å². The molecule has 0 radical (unpaired) electrons. The Morgan fingerprint density at radius 3 is 3.03 bits per heavy atom. The van der Waals surface area contributed by atoms with Gasteiger partial charge in [0.2, 0.25) is 0 Å². The van der Waals surface area contributed by atoms with Crippen LogP contribution in [-0.4, -0.2) is 39.7 Å². The maximum absolute atomic E-state index is 13.9. The molecule has 1 aromatic heterocycles. The number of carbonyl (C=O) groups is 2. The van der Waals surface area contributed by atoms with Crippen molar-refractivity contribution in [2.45, 2.75) is 51.1 Å². The van der Waals surface area contributed by atoms with E-state index < -0.39 is 5.97 Å². The van der Waals surface area contributed by atoms with Crippen LogP contribution in [0.4, 0.5) is 4.39 Å². The maximum atomic E-state index is 13.9. The summed E-state index contributed by atoms with van der Waals surface area (Å²) in [6.45, 7) is 0.156. The fraction of sp³-hybridized carbons (Fsp3) is 0.346. The molecule has 170 valence electrons. The number of carbonyl (C=O) groups excluding carboxylic acids is 1. The number of nitrogens with one attached hydrogen (secondary N) is 1. The molecule has 0 bridgehead atoms. The van der Waals surface area contributed by atoms with Crippen molar-refractivity contribution in [1.29, 1.82) is 0 Å². The number of rotatable bonds is 8. The number of ketones is 1. The zero-order valence-corrected chi connectivity index (χ0v) is 18.3. The lowest BCUT2D eigenvalue weighted by Gasteiger charge is -2.25. The van der Waals surface area contributed by atoms with Gasteiger partial charge in [-0.1, -0.05) is 18.2 Å². The van der Waals surface area contributed by atoms with Crippen molar-refractivity contribution < 1.29 is 19.1 Å². The second-order valence-corrected chi connectivity index (χ2v) is 8.87. The largest absolute Gasteiger partial charge is 0.480 e. The number of hydrogen-bond donors (Lipinski definition) is 2. The van der Waals surface area contributed by atoms with Crippen molar-refractivity contribution in [2.75, 3.05) is 6.54 Å². The predicted molar refractivity (Wildman–Crippen MR) is 125 cm³/mol. The Kier molecular flexibility index (Phi) is 5.81. The first-order valence-corrected chi connectivity index (χ1v) is 11.4. The van der Waals surface area contributed by atoms with Crippen LogP contribution in [0.5, 0.6) is 0 Å². The van der Waals surface area contributed by atoms with Crippen LogP contribution in [0.15, 0.2) is 58.8 Å². The molecule has 2 N–H and O–H groups in total. The molecule has 0 unspecified atom stereocenters. The molecular formula is C26H26FN3O3. The van der Waals surface area contributed by atoms with E-state index in [-0.39, 0.29) is 24.2 Å². The smallest absolute Gasteiger partial charge is 0.323 e. The maximum Gasteiger partial charge on any atom is 0.323 e. The number of Topliss-reactive ketones (excluding diaryl/α,β-unsaturated/α-hetero) is 1. The summed E-state index contributed by atoms with van der Waals surface area (Å²) in [6, 6.07) is 4.61. The topological polar surface area (TPSA) is 83.7 Å². The summed E-state index contributed by atoms with van der Waals surface area (Å²) in [7, 11) is 0. The van der Waals surface area contributed by atoms with Gasteiger partial charge in [0, 0.05) is 47.3 Å². The van der Waals surface area contributed by atoms with Crippen molar-refractivity contribution >= 4 is 28.4 Å². The first kappa shape index (κ1) is 21.5. The van der Waals surface area contributed by atoms with E-state index >= 15 is 0 Å². The van der Waals surface area contributed by atoms with Crippen molar-refractivity contribution in [2.24, 2.45) is 4.99 Å². The Balaban J connectivity index is 1.21. The molecule has 0 saturated carbocycles. The van der Waals surface area contributed by atoms with Gasteiger partial charge in [-0.2, -0.15) is 0 Å². The first-order valence-electron chi connectivity index (χ1n) is 11.4. The van der Waals surface area contributed by atoms with E-state index in [0.29, 0.717) is 32.2 Å².